The van der Waals surface area contributed by atoms with Gasteiger partial charge in [0.05, 0.1) is 19.8 Å². The van der Waals surface area contributed by atoms with Crippen molar-refractivity contribution in [2.45, 2.75) is 40.0 Å². The smallest absolute Gasteiger partial charge is 0.256 e. The minimum absolute atomic E-state index is 0.0519. The highest BCUT2D eigenvalue weighted by molar-refractivity contribution is 7.10. The van der Waals surface area contributed by atoms with Crippen molar-refractivity contribution in [3.63, 3.8) is 0 Å². The highest BCUT2D eigenvalue weighted by Crippen LogP contribution is 2.40. The van der Waals surface area contributed by atoms with Crippen LogP contribution in [-0.4, -0.2) is 20.1 Å². The molecule has 0 saturated heterocycles. The molecule has 1 aliphatic rings. The second-order valence-electron chi connectivity index (χ2n) is 7.88. The van der Waals surface area contributed by atoms with E-state index in [-0.39, 0.29) is 5.91 Å². The van der Waals surface area contributed by atoms with Crippen molar-refractivity contribution in [3.8, 4) is 11.5 Å². The van der Waals surface area contributed by atoms with E-state index in [1.165, 1.54) is 10.4 Å². The molecule has 0 spiro atoms. The van der Waals surface area contributed by atoms with Gasteiger partial charge >= 0.3 is 0 Å². The zero-order valence-corrected chi connectivity index (χ0v) is 17.0. The van der Waals surface area contributed by atoms with Gasteiger partial charge < -0.3 is 14.8 Å². The number of fused-ring (bicyclic) bond motifs is 1. The molecule has 1 aliphatic carbocycles. The third-order valence-electron chi connectivity index (χ3n) is 5.27. The first-order valence-corrected chi connectivity index (χ1v) is 9.84. The van der Waals surface area contributed by atoms with E-state index in [0.717, 1.165) is 24.8 Å². The maximum Gasteiger partial charge on any atom is 0.256 e. The monoisotopic (exact) mass is 373 g/mol. The lowest BCUT2D eigenvalue weighted by Gasteiger charge is -2.34. The Hall–Kier alpha value is -2.01. The van der Waals surface area contributed by atoms with Crippen LogP contribution in [0.3, 0.4) is 0 Å². The van der Waals surface area contributed by atoms with Gasteiger partial charge in [0.25, 0.3) is 5.91 Å². The fourth-order valence-electron chi connectivity index (χ4n) is 3.55. The Morgan fingerprint density at radius 3 is 2.58 bits per heavy atom. The number of carbonyl (C=O) groups is 1. The molecule has 1 heterocycles. The van der Waals surface area contributed by atoms with Crippen molar-refractivity contribution in [3.05, 3.63) is 39.6 Å². The maximum absolute atomic E-state index is 12.8. The minimum Gasteiger partial charge on any atom is -0.493 e. The lowest BCUT2D eigenvalue weighted by Crippen LogP contribution is -2.27. The molecular weight excluding hydrogens is 346 g/mol. The second kappa shape index (κ2) is 7.31. The van der Waals surface area contributed by atoms with Gasteiger partial charge in [0.1, 0.15) is 0 Å². The zero-order valence-electron chi connectivity index (χ0n) is 16.1. The lowest BCUT2D eigenvalue weighted by atomic mass is 9.72. The minimum atomic E-state index is -0.0519. The predicted molar refractivity (Wildman–Crippen MR) is 107 cm³/mol. The second-order valence-corrected chi connectivity index (χ2v) is 8.84. The van der Waals surface area contributed by atoms with Crippen LogP contribution in [0.2, 0.25) is 0 Å². The van der Waals surface area contributed by atoms with Crippen molar-refractivity contribution in [1.82, 2.24) is 0 Å². The summed E-state index contributed by atoms with van der Waals surface area (Å²) < 4.78 is 10.6. The van der Waals surface area contributed by atoms with Crippen molar-refractivity contribution in [2.24, 2.45) is 11.3 Å². The Balaban J connectivity index is 1.77. The number of rotatable bonds is 4. The Kier molecular flexibility index (Phi) is 5.28. The normalized spacial score (nSPS) is 16.7. The molecule has 1 unspecified atom stereocenters. The number of carbonyl (C=O) groups excluding carboxylic acids is 1. The first-order valence-electron chi connectivity index (χ1n) is 8.96. The van der Waals surface area contributed by atoms with Gasteiger partial charge in [-0.3, -0.25) is 4.79 Å². The van der Waals surface area contributed by atoms with Gasteiger partial charge in [-0.15, -0.1) is 11.3 Å². The highest BCUT2D eigenvalue weighted by Gasteiger charge is 2.31. The number of nitrogens with one attached hydrogen (secondary N) is 1. The van der Waals surface area contributed by atoms with Crippen LogP contribution in [0.25, 0.3) is 0 Å². The molecule has 140 valence electrons. The number of hydrogen-bond acceptors (Lipinski definition) is 4. The van der Waals surface area contributed by atoms with Crippen molar-refractivity contribution < 1.29 is 14.3 Å². The van der Waals surface area contributed by atoms with E-state index in [9.17, 15) is 4.79 Å². The van der Waals surface area contributed by atoms with Crippen LogP contribution in [0.5, 0.6) is 11.5 Å². The molecule has 3 rings (SSSR count). The molecule has 5 heteroatoms. The topological polar surface area (TPSA) is 47.6 Å². The number of methoxy groups -OCH3 is 2. The van der Waals surface area contributed by atoms with E-state index in [2.05, 4.69) is 26.1 Å². The van der Waals surface area contributed by atoms with Gasteiger partial charge in [0.2, 0.25) is 0 Å². The number of amides is 1. The molecule has 4 nitrogen and oxygen atoms in total. The first kappa shape index (κ1) is 18.8. The van der Waals surface area contributed by atoms with Gasteiger partial charge in [-0.25, -0.2) is 0 Å². The molecule has 0 fully saturated rings. The third kappa shape index (κ3) is 3.73. The molecule has 1 atom stereocenters. The molecule has 0 saturated carbocycles. The van der Waals surface area contributed by atoms with Gasteiger partial charge in [-0.2, -0.15) is 0 Å². The van der Waals surface area contributed by atoms with Crippen LogP contribution in [0.4, 0.5) is 5.69 Å². The first-order chi connectivity index (χ1) is 12.3. The summed E-state index contributed by atoms with van der Waals surface area (Å²) in [6.07, 6.45) is 3.20. The van der Waals surface area contributed by atoms with Crippen LogP contribution in [0.15, 0.2) is 23.6 Å². The molecule has 0 bridgehead atoms. The molecule has 1 aromatic heterocycles. The average Bonchev–Trinajstić information content (AvgIpc) is 3.04. The lowest BCUT2D eigenvalue weighted by molar-refractivity contribution is 0.102. The number of thiophene rings is 1. The van der Waals surface area contributed by atoms with Gasteiger partial charge in [0, 0.05) is 22.0 Å². The third-order valence-corrected chi connectivity index (χ3v) is 6.32. The number of ether oxygens (including phenoxy) is 2. The largest absolute Gasteiger partial charge is 0.493 e. The Morgan fingerprint density at radius 1 is 1.19 bits per heavy atom. The Bertz CT molecular complexity index is 804. The summed E-state index contributed by atoms with van der Waals surface area (Å²) in [6.45, 7) is 6.92. The summed E-state index contributed by atoms with van der Waals surface area (Å²) in [5.41, 5.74) is 3.06. The van der Waals surface area contributed by atoms with E-state index < -0.39 is 0 Å². The van der Waals surface area contributed by atoms with Crippen LogP contribution < -0.4 is 14.8 Å². The van der Waals surface area contributed by atoms with Crippen molar-refractivity contribution in [1.29, 1.82) is 0 Å². The summed E-state index contributed by atoms with van der Waals surface area (Å²) >= 11 is 1.72. The van der Waals surface area contributed by atoms with Crippen LogP contribution in [0, 0.1) is 11.3 Å². The van der Waals surface area contributed by atoms with E-state index in [1.54, 1.807) is 37.7 Å². The summed E-state index contributed by atoms with van der Waals surface area (Å²) in [6, 6.07) is 5.41. The molecule has 1 aromatic carbocycles. The van der Waals surface area contributed by atoms with E-state index in [0.29, 0.717) is 28.5 Å². The fourth-order valence-corrected chi connectivity index (χ4v) is 4.72. The standard InChI is InChI=1S/C21H27NO3S/c1-21(2,3)13-6-8-15-16(12-26-19(15)10-13)20(23)22-14-7-9-17(24-4)18(11-14)25-5/h7,9,11-13H,6,8,10H2,1-5H3,(H,22,23). The maximum atomic E-state index is 12.8. The number of hydrogen-bond donors (Lipinski definition) is 1. The van der Waals surface area contributed by atoms with E-state index in [4.69, 9.17) is 9.47 Å². The van der Waals surface area contributed by atoms with Gasteiger partial charge in [-0.1, -0.05) is 20.8 Å². The summed E-state index contributed by atoms with van der Waals surface area (Å²) in [7, 11) is 3.18. The van der Waals surface area contributed by atoms with Crippen LogP contribution in [-0.2, 0) is 12.8 Å². The van der Waals surface area contributed by atoms with E-state index >= 15 is 0 Å². The zero-order chi connectivity index (χ0) is 18.9. The SMILES string of the molecule is COc1ccc(NC(=O)c2csc3c2CCC(C(C)(C)C)C3)cc1OC. The molecule has 26 heavy (non-hydrogen) atoms. The summed E-state index contributed by atoms with van der Waals surface area (Å²) in [5.74, 6) is 1.87. The molecule has 0 radical (unpaired) electrons. The summed E-state index contributed by atoms with van der Waals surface area (Å²) in [5, 5.41) is 5.00. The summed E-state index contributed by atoms with van der Waals surface area (Å²) in [4.78, 5) is 14.2. The number of benzene rings is 1. The molecule has 2 aromatic rings. The van der Waals surface area contributed by atoms with Crippen LogP contribution in [0.1, 0.15) is 48.0 Å². The van der Waals surface area contributed by atoms with E-state index in [1.807, 2.05) is 11.4 Å². The Labute approximate surface area is 159 Å². The number of anilines is 1. The highest BCUT2D eigenvalue weighted by atomic mass is 32.1. The Morgan fingerprint density at radius 2 is 1.92 bits per heavy atom. The van der Waals surface area contributed by atoms with Crippen molar-refractivity contribution >= 4 is 22.9 Å². The molecular formula is C21H27NO3S. The molecule has 0 aliphatic heterocycles. The van der Waals surface area contributed by atoms with Gasteiger partial charge in [-0.05, 0) is 48.3 Å². The molecule has 1 N–H and O–H groups in total. The molecule has 1 amide bonds. The quantitative estimate of drug-likeness (QED) is 0.804. The fraction of sp³-hybridized carbons (Fsp3) is 0.476. The average molecular weight is 374 g/mol. The van der Waals surface area contributed by atoms with Gasteiger partial charge in [0.15, 0.2) is 11.5 Å². The van der Waals surface area contributed by atoms with Crippen LogP contribution >= 0.6 is 11.3 Å². The predicted octanol–water partition coefficient (Wildman–Crippen LogP) is 5.17. The van der Waals surface area contributed by atoms with Crippen molar-refractivity contribution in [2.75, 3.05) is 19.5 Å².